The molecule has 7 heteroatoms. The fraction of sp³-hybridized carbons (Fsp3) is 0.476. The van der Waals surface area contributed by atoms with E-state index in [-0.39, 0.29) is 5.91 Å². The minimum atomic E-state index is 0.0493. The topological polar surface area (TPSA) is 76.8 Å². The molecule has 0 N–H and O–H groups in total. The second-order valence-electron chi connectivity index (χ2n) is 7.98. The van der Waals surface area contributed by atoms with E-state index in [0.717, 1.165) is 36.0 Å². The van der Waals surface area contributed by atoms with Gasteiger partial charge in [0.2, 0.25) is 0 Å². The summed E-state index contributed by atoms with van der Waals surface area (Å²) in [5, 5.41) is 9.50. The summed E-state index contributed by atoms with van der Waals surface area (Å²) >= 11 is 0. The largest absolute Gasteiger partial charge is 0.338 e. The van der Waals surface area contributed by atoms with Crippen LogP contribution in [-0.4, -0.2) is 48.9 Å². The molecule has 0 aromatic carbocycles. The number of carbonyl (C=O) groups excluding carboxylic acids is 1. The van der Waals surface area contributed by atoms with Crippen LogP contribution in [0.1, 0.15) is 54.5 Å². The Balaban J connectivity index is 1.44. The highest BCUT2D eigenvalue weighted by atomic mass is 16.2. The minimum Gasteiger partial charge on any atom is -0.338 e. The number of fused-ring (bicyclic) bond motifs is 1. The Hall–Kier alpha value is -2.83. The highest BCUT2D eigenvalue weighted by Gasteiger charge is 2.26. The molecule has 0 radical (unpaired) electrons. The Bertz CT molecular complexity index is 987. The number of amides is 1. The second kappa shape index (κ2) is 7.66. The lowest BCUT2D eigenvalue weighted by Gasteiger charge is -2.32. The summed E-state index contributed by atoms with van der Waals surface area (Å²) in [6, 6.07) is 6.02. The zero-order valence-corrected chi connectivity index (χ0v) is 16.7. The maximum absolute atomic E-state index is 13.1. The van der Waals surface area contributed by atoms with Gasteiger partial charge in [0.15, 0.2) is 5.65 Å². The number of aromatic nitrogens is 5. The molecule has 146 valence electrons. The van der Waals surface area contributed by atoms with Crippen LogP contribution in [0.2, 0.25) is 0 Å². The highest BCUT2D eigenvalue weighted by molar-refractivity contribution is 5.98. The van der Waals surface area contributed by atoms with Crippen molar-refractivity contribution in [2.45, 2.75) is 46.1 Å². The van der Waals surface area contributed by atoms with Gasteiger partial charge >= 0.3 is 0 Å². The molecule has 0 saturated carbocycles. The van der Waals surface area contributed by atoms with Crippen LogP contribution in [0.3, 0.4) is 0 Å². The van der Waals surface area contributed by atoms with Crippen molar-refractivity contribution in [3.05, 3.63) is 47.5 Å². The molecule has 0 atom stereocenters. The first kappa shape index (κ1) is 18.5. The SMILES string of the molecule is Cc1nc2ncccc2cc1C(=O)N1CCC(n2cc(CC(C)C)nn2)CC1. The van der Waals surface area contributed by atoms with E-state index in [1.807, 2.05) is 34.7 Å². The van der Waals surface area contributed by atoms with Crippen molar-refractivity contribution in [3.63, 3.8) is 0 Å². The van der Waals surface area contributed by atoms with E-state index >= 15 is 0 Å². The third-order valence-electron chi connectivity index (χ3n) is 5.31. The second-order valence-corrected chi connectivity index (χ2v) is 7.98. The summed E-state index contributed by atoms with van der Waals surface area (Å²) in [7, 11) is 0. The highest BCUT2D eigenvalue weighted by Crippen LogP contribution is 2.24. The number of likely N-dealkylation sites (tertiary alicyclic amines) is 1. The lowest BCUT2D eigenvalue weighted by molar-refractivity contribution is 0.0688. The zero-order chi connectivity index (χ0) is 19.7. The van der Waals surface area contributed by atoms with E-state index in [2.05, 4.69) is 40.3 Å². The van der Waals surface area contributed by atoms with Crippen LogP contribution >= 0.6 is 0 Å². The number of rotatable bonds is 4. The lowest BCUT2D eigenvalue weighted by atomic mass is 10.0. The van der Waals surface area contributed by atoms with Crippen molar-refractivity contribution in [2.24, 2.45) is 5.92 Å². The molecule has 1 fully saturated rings. The Morgan fingerprint density at radius 1 is 1.29 bits per heavy atom. The van der Waals surface area contributed by atoms with E-state index in [0.29, 0.717) is 36.3 Å². The predicted octanol–water partition coefficient (Wildman–Crippen LogP) is 3.21. The van der Waals surface area contributed by atoms with Gasteiger partial charge in [0, 0.05) is 30.9 Å². The van der Waals surface area contributed by atoms with Crippen LogP contribution in [0.15, 0.2) is 30.6 Å². The number of pyridine rings is 2. The van der Waals surface area contributed by atoms with Crippen molar-refractivity contribution in [1.82, 2.24) is 29.9 Å². The average molecular weight is 378 g/mol. The van der Waals surface area contributed by atoms with Crippen LogP contribution in [0, 0.1) is 12.8 Å². The number of nitrogens with zero attached hydrogens (tertiary/aromatic N) is 6. The fourth-order valence-corrected chi connectivity index (χ4v) is 3.82. The molecule has 28 heavy (non-hydrogen) atoms. The lowest BCUT2D eigenvalue weighted by Crippen LogP contribution is -2.39. The number of piperidine rings is 1. The van der Waals surface area contributed by atoms with Gasteiger partial charge in [-0.1, -0.05) is 19.1 Å². The molecule has 3 aromatic heterocycles. The van der Waals surface area contributed by atoms with Crippen LogP contribution in [0.4, 0.5) is 0 Å². The van der Waals surface area contributed by atoms with Gasteiger partial charge in [0.25, 0.3) is 5.91 Å². The van der Waals surface area contributed by atoms with E-state index in [9.17, 15) is 4.79 Å². The molecule has 1 aliphatic rings. The molecule has 1 aliphatic heterocycles. The molecule has 0 unspecified atom stereocenters. The van der Waals surface area contributed by atoms with Crippen LogP contribution in [0.25, 0.3) is 11.0 Å². The first-order valence-corrected chi connectivity index (χ1v) is 9.93. The predicted molar refractivity (Wildman–Crippen MR) is 107 cm³/mol. The minimum absolute atomic E-state index is 0.0493. The van der Waals surface area contributed by atoms with Crippen molar-refractivity contribution in [2.75, 3.05) is 13.1 Å². The Kier molecular flexibility index (Phi) is 5.07. The number of hydrogen-bond acceptors (Lipinski definition) is 5. The standard InChI is InChI=1S/C21H26N6O/c1-14(2)11-17-13-27(25-24-17)18-6-9-26(10-7-18)21(28)19-12-16-5-4-8-22-20(16)23-15(19)3/h4-5,8,12-14,18H,6-7,9-11H2,1-3H3. The van der Waals surface area contributed by atoms with Gasteiger partial charge in [0.05, 0.1) is 23.0 Å². The Morgan fingerprint density at radius 3 is 2.82 bits per heavy atom. The molecule has 7 nitrogen and oxygen atoms in total. The van der Waals surface area contributed by atoms with Crippen LogP contribution < -0.4 is 0 Å². The third kappa shape index (κ3) is 3.74. The van der Waals surface area contributed by atoms with E-state index in [1.54, 1.807) is 6.20 Å². The van der Waals surface area contributed by atoms with Crippen molar-refractivity contribution < 1.29 is 4.79 Å². The Morgan fingerprint density at radius 2 is 2.07 bits per heavy atom. The number of hydrogen-bond donors (Lipinski definition) is 0. The number of carbonyl (C=O) groups is 1. The van der Waals surface area contributed by atoms with E-state index in [4.69, 9.17) is 0 Å². The smallest absolute Gasteiger partial charge is 0.255 e. The van der Waals surface area contributed by atoms with Crippen molar-refractivity contribution in [3.8, 4) is 0 Å². The molecule has 4 heterocycles. The van der Waals surface area contributed by atoms with Gasteiger partial charge in [-0.25, -0.2) is 14.6 Å². The van der Waals surface area contributed by atoms with E-state index in [1.165, 1.54) is 0 Å². The third-order valence-corrected chi connectivity index (χ3v) is 5.31. The summed E-state index contributed by atoms with van der Waals surface area (Å²) in [5.41, 5.74) is 3.12. The van der Waals surface area contributed by atoms with Gasteiger partial charge in [0.1, 0.15) is 0 Å². The summed E-state index contributed by atoms with van der Waals surface area (Å²) in [6.07, 6.45) is 6.50. The van der Waals surface area contributed by atoms with Gasteiger partial charge in [-0.2, -0.15) is 0 Å². The maximum Gasteiger partial charge on any atom is 0.255 e. The molecular formula is C21H26N6O. The molecule has 0 bridgehead atoms. The van der Waals surface area contributed by atoms with Crippen LogP contribution in [0.5, 0.6) is 0 Å². The first-order valence-electron chi connectivity index (χ1n) is 9.93. The molecule has 3 aromatic rings. The normalized spacial score (nSPS) is 15.5. The number of aryl methyl sites for hydroxylation is 1. The quantitative estimate of drug-likeness (QED) is 0.697. The van der Waals surface area contributed by atoms with Gasteiger partial charge < -0.3 is 4.90 Å². The van der Waals surface area contributed by atoms with E-state index < -0.39 is 0 Å². The van der Waals surface area contributed by atoms with Crippen LogP contribution in [-0.2, 0) is 6.42 Å². The summed E-state index contributed by atoms with van der Waals surface area (Å²) in [4.78, 5) is 23.8. The first-order chi connectivity index (χ1) is 13.5. The molecule has 0 aliphatic carbocycles. The molecule has 0 spiro atoms. The fourth-order valence-electron chi connectivity index (χ4n) is 3.82. The monoisotopic (exact) mass is 378 g/mol. The summed E-state index contributed by atoms with van der Waals surface area (Å²) in [6.45, 7) is 7.67. The summed E-state index contributed by atoms with van der Waals surface area (Å²) < 4.78 is 1.98. The molecule has 1 amide bonds. The van der Waals surface area contributed by atoms with Gasteiger partial charge in [-0.05, 0) is 50.3 Å². The molecule has 1 saturated heterocycles. The molecule has 4 rings (SSSR count). The molecular weight excluding hydrogens is 352 g/mol. The van der Waals surface area contributed by atoms with Gasteiger partial charge in [-0.15, -0.1) is 5.10 Å². The average Bonchev–Trinajstić information content (AvgIpc) is 3.15. The summed E-state index contributed by atoms with van der Waals surface area (Å²) in [5.74, 6) is 0.618. The maximum atomic E-state index is 13.1. The zero-order valence-electron chi connectivity index (χ0n) is 16.7. The Labute approximate surface area is 164 Å². The van der Waals surface area contributed by atoms with Crippen molar-refractivity contribution >= 4 is 16.9 Å². The van der Waals surface area contributed by atoms with Gasteiger partial charge in [-0.3, -0.25) is 4.79 Å². The van der Waals surface area contributed by atoms with Crippen molar-refractivity contribution in [1.29, 1.82) is 0 Å².